The smallest absolute Gasteiger partial charge is 0.238 e. The average Bonchev–Trinajstić information content (AvgIpc) is 2.35. The molecule has 0 saturated heterocycles. The minimum atomic E-state index is -0.489. The van der Waals surface area contributed by atoms with Gasteiger partial charge in [-0.25, -0.2) is 0 Å². The molecule has 0 aliphatic carbocycles. The summed E-state index contributed by atoms with van der Waals surface area (Å²) in [6.45, 7) is 3.10. The molecule has 19 heavy (non-hydrogen) atoms. The van der Waals surface area contributed by atoms with Crippen molar-refractivity contribution >= 4 is 11.6 Å². The monoisotopic (exact) mass is 266 g/mol. The van der Waals surface area contributed by atoms with Crippen LogP contribution >= 0.6 is 0 Å². The third-order valence-corrected chi connectivity index (χ3v) is 2.60. The van der Waals surface area contributed by atoms with Crippen LogP contribution in [0.2, 0.25) is 0 Å². The molecule has 1 aromatic rings. The van der Waals surface area contributed by atoms with Crippen molar-refractivity contribution in [1.29, 1.82) is 0 Å². The molecule has 0 fully saturated rings. The highest BCUT2D eigenvalue weighted by Gasteiger charge is 2.04. The number of aliphatic hydroxyl groups excluding tert-OH is 1. The Morgan fingerprint density at radius 1 is 1.47 bits per heavy atom. The summed E-state index contributed by atoms with van der Waals surface area (Å²) in [5.74, 6) is -0.0909. The Kier molecular flexibility index (Phi) is 7.10. The molecule has 0 bridgehead atoms. The summed E-state index contributed by atoms with van der Waals surface area (Å²) in [7, 11) is 1.55. The summed E-state index contributed by atoms with van der Waals surface area (Å²) < 4.78 is 4.81. The lowest BCUT2D eigenvalue weighted by Crippen LogP contribution is -2.31. The van der Waals surface area contributed by atoms with E-state index in [0.29, 0.717) is 19.6 Å². The number of carbonyl (C=O) groups excluding carboxylic acids is 1. The van der Waals surface area contributed by atoms with E-state index in [-0.39, 0.29) is 12.5 Å². The largest absolute Gasteiger partial charge is 0.391 e. The predicted molar refractivity (Wildman–Crippen MR) is 75.2 cm³/mol. The maximum atomic E-state index is 11.6. The molecule has 0 aromatic heterocycles. The van der Waals surface area contributed by atoms with Crippen molar-refractivity contribution < 1.29 is 14.6 Å². The number of benzene rings is 1. The Labute approximate surface area is 114 Å². The zero-order chi connectivity index (χ0) is 14.1. The van der Waals surface area contributed by atoms with Crippen LogP contribution in [0.1, 0.15) is 12.0 Å². The van der Waals surface area contributed by atoms with Crippen molar-refractivity contribution in [2.75, 3.05) is 32.1 Å². The SMILES string of the molecule is COCC(O)CCNCC(=O)Nc1cccc(C)c1. The minimum absolute atomic E-state index is 0.0909. The van der Waals surface area contributed by atoms with Crippen molar-refractivity contribution in [2.45, 2.75) is 19.4 Å². The summed E-state index contributed by atoms with van der Waals surface area (Å²) in [6, 6.07) is 7.65. The van der Waals surface area contributed by atoms with Crippen LogP contribution < -0.4 is 10.6 Å². The van der Waals surface area contributed by atoms with Crippen molar-refractivity contribution in [3.05, 3.63) is 29.8 Å². The molecule has 5 nitrogen and oxygen atoms in total. The molecule has 0 aliphatic heterocycles. The average molecular weight is 266 g/mol. The molecule has 0 spiro atoms. The predicted octanol–water partition coefficient (Wildman–Crippen LogP) is 0.921. The van der Waals surface area contributed by atoms with E-state index in [9.17, 15) is 9.90 Å². The number of rotatable bonds is 8. The Bertz CT molecular complexity index is 396. The lowest BCUT2D eigenvalue weighted by atomic mass is 10.2. The zero-order valence-electron chi connectivity index (χ0n) is 11.5. The topological polar surface area (TPSA) is 70.6 Å². The summed E-state index contributed by atoms with van der Waals surface area (Å²) in [5, 5.41) is 15.2. The molecule has 0 saturated carbocycles. The zero-order valence-corrected chi connectivity index (χ0v) is 11.5. The summed E-state index contributed by atoms with van der Waals surface area (Å²) in [5.41, 5.74) is 1.90. The van der Waals surface area contributed by atoms with Crippen LogP contribution in [0.25, 0.3) is 0 Å². The molecule has 1 atom stereocenters. The first-order valence-corrected chi connectivity index (χ1v) is 6.36. The molecule has 1 rings (SSSR count). The standard InChI is InChI=1S/C14H22N2O3/c1-11-4-3-5-12(8-11)16-14(18)9-15-7-6-13(17)10-19-2/h3-5,8,13,15,17H,6-7,9-10H2,1-2H3,(H,16,18). The second-order valence-electron chi connectivity index (χ2n) is 4.49. The van der Waals surface area contributed by atoms with E-state index in [0.717, 1.165) is 11.3 Å². The number of carbonyl (C=O) groups is 1. The van der Waals surface area contributed by atoms with E-state index < -0.39 is 6.10 Å². The van der Waals surface area contributed by atoms with E-state index in [1.54, 1.807) is 7.11 Å². The van der Waals surface area contributed by atoms with E-state index in [2.05, 4.69) is 10.6 Å². The van der Waals surface area contributed by atoms with Gasteiger partial charge in [0.1, 0.15) is 0 Å². The number of methoxy groups -OCH3 is 1. The van der Waals surface area contributed by atoms with Crippen LogP contribution in [0.5, 0.6) is 0 Å². The molecule has 0 aliphatic rings. The molecule has 1 amide bonds. The van der Waals surface area contributed by atoms with Gasteiger partial charge in [0.25, 0.3) is 0 Å². The van der Waals surface area contributed by atoms with Gasteiger partial charge in [-0.1, -0.05) is 12.1 Å². The fourth-order valence-electron chi connectivity index (χ4n) is 1.67. The molecular weight excluding hydrogens is 244 g/mol. The molecule has 1 unspecified atom stereocenters. The Hall–Kier alpha value is -1.43. The van der Waals surface area contributed by atoms with Crippen LogP contribution in [-0.2, 0) is 9.53 Å². The first kappa shape index (κ1) is 15.6. The first-order chi connectivity index (χ1) is 9.11. The van der Waals surface area contributed by atoms with Crippen molar-refractivity contribution in [3.63, 3.8) is 0 Å². The molecule has 106 valence electrons. The molecule has 5 heteroatoms. The summed E-state index contributed by atoms with van der Waals surface area (Å²) >= 11 is 0. The fourth-order valence-corrected chi connectivity index (χ4v) is 1.67. The highest BCUT2D eigenvalue weighted by Crippen LogP contribution is 2.08. The van der Waals surface area contributed by atoms with Crippen molar-refractivity contribution in [2.24, 2.45) is 0 Å². The second-order valence-corrected chi connectivity index (χ2v) is 4.49. The lowest BCUT2D eigenvalue weighted by molar-refractivity contribution is -0.115. The number of amides is 1. The lowest BCUT2D eigenvalue weighted by Gasteiger charge is -2.10. The van der Waals surface area contributed by atoms with Crippen LogP contribution in [-0.4, -0.2) is 43.9 Å². The number of hydrogen-bond donors (Lipinski definition) is 3. The third kappa shape index (κ3) is 6.91. The van der Waals surface area contributed by atoms with Crippen LogP contribution in [0, 0.1) is 6.92 Å². The van der Waals surface area contributed by atoms with E-state index in [1.165, 1.54) is 0 Å². The van der Waals surface area contributed by atoms with Gasteiger partial charge in [-0.05, 0) is 37.6 Å². The minimum Gasteiger partial charge on any atom is -0.391 e. The van der Waals surface area contributed by atoms with Crippen molar-refractivity contribution in [1.82, 2.24) is 5.32 Å². The van der Waals surface area contributed by atoms with Gasteiger partial charge in [0.05, 0.1) is 19.3 Å². The molecule has 1 aromatic carbocycles. The number of ether oxygens (including phenoxy) is 1. The second kappa shape index (κ2) is 8.63. The van der Waals surface area contributed by atoms with E-state index in [1.807, 2.05) is 31.2 Å². The summed E-state index contributed by atoms with van der Waals surface area (Å²) in [6.07, 6.45) is 0.0725. The van der Waals surface area contributed by atoms with Crippen LogP contribution in [0.4, 0.5) is 5.69 Å². The Balaban J connectivity index is 2.18. The summed E-state index contributed by atoms with van der Waals surface area (Å²) in [4.78, 5) is 11.6. The van der Waals surface area contributed by atoms with Crippen LogP contribution in [0.3, 0.4) is 0 Å². The highest BCUT2D eigenvalue weighted by atomic mass is 16.5. The molecule has 3 N–H and O–H groups in total. The number of nitrogens with one attached hydrogen (secondary N) is 2. The van der Waals surface area contributed by atoms with Gasteiger partial charge in [0, 0.05) is 12.8 Å². The molecular formula is C14H22N2O3. The van der Waals surface area contributed by atoms with Gasteiger partial charge >= 0.3 is 0 Å². The highest BCUT2D eigenvalue weighted by molar-refractivity contribution is 5.92. The van der Waals surface area contributed by atoms with E-state index in [4.69, 9.17) is 4.74 Å². The first-order valence-electron chi connectivity index (χ1n) is 6.36. The quantitative estimate of drug-likeness (QED) is 0.612. The Morgan fingerprint density at radius 3 is 2.95 bits per heavy atom. The van der Waals surface area contributed by atoms with Crippen LogP contribution in [0.15, 0.2) is 24.3 Å². The number of anilines is 1. The Morgan fingerprint density at radius 2 is 2.26 bits per heavy atom. The van der Waals surface area contributed by atoms with Gasteiger partial charge in [-0.2, -0.15) is 0 Å². The maximum Gasteiger partial charge on any atom is 0.238 e. The third-order valence-electron chi connectivity index (χ3n) is 2.60. The molecule has 0 radical (unpaired) electrons. The van der Waals surface area contributed by atoms with E-state index >= 15 is 0 Å². The number of hydrogen-bond acceptors (Lipinski definition) is 4. The van der Waals surface area contributed by atoms with Gasteiger partial charge in [0.2, 0.25) is 5.91 Å². The number of aliphatic hydroxyl groups is 1. The molecule has 0 heterocycles. The normalized spacial score (nSPS) is 12.2. The number of aryl methyl sites for hydroxylation is 1. The van der Waals surface area contributed by atoms with Gasteiger partial charge in [0.15, 0.2) is 0 Å². The van der Waals surface area contributed by atoms with Gasteiger partial charge < -0.3 is 20.5 Å². The van der Waals surface area contributed by atoms with Gasteiger partial charge in [-0.3, -0.25) is 4.79 Å². The maximum absolute atomic E-state index is 11.6. The fraction of sp³-hybridized carbons (Fsp3) is 0.500. The van der Waals surface area contributed by atoms with Gasteiger partial charge in [-0.15, -0.1) is 0 Å². The van der Waals surface area contributed by atoms with Crippen molar-refractivity contribution in [3.8, 4) is 0 Å².